The average Bonchev–Trinajstić information content (AvgIpc) is 2.64. The summed E-state index contributed by atoms with van der Waals surface area (Å²) >= 11 is 0. The minimum absolute atomic E-state index is 0.0362. The number of hydrogen-bond donors (Lipinski definition) is 0. The number of Topliss-reactive ketones (excluding diaryl/α,β-unsaturated/α-hetero) is 1. The van der Waals surface area contributed by atoms with E-state index < -0.39 is 4.92 Å². The van der Waals surface area contributed by atoms with Crippen LogP contribution >= 0.6 is 0 Å². The maximum Gasteiger partial charge on any atom is 0.437 e. The molecule has 0 unspecified atom stereocenters. The van der Waals surface area contributed by atoms with Gasteiger partial charge in [-0.1, -0.05) is 13.3 Å². The first-order valence-electron chi connectivity index (χ1n) is 5.64. The van der Waals surface area contributed by atoms with Crippen LogP contribution in [-0.4, -0.2) is 10.7 Å². The molecule has 1 aliphatic rings. The molecule has 1 aliphatic carbocycles. The van der Waals surface area contributed by atoms with Gasteiger partial charge in [0.25, 0.3) is 0 Å². The minimum atomic E-state index is -0.518. The highest BCUT2D eigenvalue weighted by molar-refractivity contribution is 6.09. The van der Waals surface area contributed by atoms with E-state index in [9.17, 15) is 14.9 Å². The van der Waals surface area contributed by atoms with Crippen LogP contribution in [0, 0.1) is 10.1 Å². The summed E-state index contributed by atoms with van der Waals surface area (Å²) in [4.78, 5) is 21.7. The summed E-state index contributed by atoms with van der Waals surface area (Å²) in [7, 11) is 0. The monoisotopic (exact) mass is 235 g/mol. The molecule has 0 saturated carbocycles. The third kappa shape index (κ3) is 2.13. The molecule has 5 nitrogen and oxygen atoms in total. The van der Waals surface area contributed by atoms with Crippen LogP contribution in [0.2, 0.25) is 0 Å². The second kappa shape index (κ2) is 4.53. The maximum atomic E-state index is 11.3. The number of rotatable bonds is 4. The van der Waals surface area contributed by atoms with Gasteiger partial charge in [0.15, 0.2) is 5.78 Å². The number of carbonyl (C=O) groups excluding carboxylic acids is 1. The normalized spacial score (nSPS) is 13.8. The van der Waals surface area contributed by atoms with E-state index in [-0.39, 0.29) is 18.1 Å². The first-order valence-corrected chi connectivity index (χ1v) is 5.64. The number of carbonyl (C=O) groups is 1. The van der Waals surface area contributed by atoms with E-state index in [0.29, 0.717) is 22.6 Å². The van der Waals surface area contributed by atoms with Gasteiger partial charge in [-0.3, -0.25) is 14.9 Å². The highest BCUT2D eigenvalue weighted by Gasteiger charge is 2.23. The fourth-order valence-electron chi connectivity index (χ4n) is 1.95. The molecule has 0 aliphatic heterocycles. The van der Waals surface area contributed by atoms with Crippen molar-refractivity contribution >= 4 is 23.8 Å². The Morgan fingerprint density at radius 2 is 2.29 bits per heavy atom. The molecule has 17 heavy (non-hydrogen) atoms. The van der Waals surface area contributed by atoms with Crippen molar-refractivity contribution in [2.75, 3.05) is 0 Å². The van der Waals surface area contributed by atoms with Crippen LogP contribution in [-0.2, 0) is 11.2 Å². The second-order valence-electron chi connectivity index (χ2n) is 4.04. The largest absolute Gasteiger partial charge is 0.437 e. The summed E-state index contributed by atoms with van der Waals surface area (Å²) in [5.74, 6) is -0.253. The Morgan fingerprint density at radius 1 is 1.53 bits per heavy atom. The zero-order valence-corrected chi connectivity index (χ0v) is 9.56. The van der Waals surface area contributed by atoms with Crippen LogP contribution in [0.4, 0.5) is 5.88 Å². The minimum Gasteiger partial charge on any atom is -0.401 e. The standard InChI is InChI=1S/C12H13NO4/c1-2-3-4-9-10-7-8(14)5-6-11(10)17-12(9)13(15)16/h6-7H,2-5H2,1H3. The van der Waals surface area contributed by atoms with E-state index in [1.165, 1.54) is 6.08 Å². The molecule has 1 aromatic rings. The Kier molecular flexibility index (Phi) is 3.08. The molecular formula is C12H13NO4. The summed E-state index contributed by atoms with van der Waals surface area (Å²) in [5, 5.41) is 11.5. The molecule has 1 heterocycles. The van der Waals surface area contributed by atoms with E-state index in [4.69, 9.17) is 4.42 Å². The van der Waals surface area contributed by atoms with E-state index in [0.717, 1.165) is 12.8 Å². The molecule has 0 N–H and O–H groups in total. The van der Waals surface area contributed by atoms with Crippen LogP contribution in [0.15, 0.2) is 4.42 Å². The molecule has 0 amide bonds. The average molecular weight is 235 g/mol. The number of nitro groups is 1. The van der Waals surface area contributed by atoms with Gasteiger partial charge < -0.3 is 4.42 Å². The lowest BCUT2D eigenvalue weighted by molar-refractivity contribution is -0.403. The summed E-state index contributed by atoms with van der Waals surface area (Å²) in [6.07, 6.45) is 5.68. The highest BCUT2D eigenvalue weighted by atomic mass is 16.6. The van der Waals surface area contributed by atoms with E-state index >= 15 is 0 Å². The van der Waals surface area contributed by atoms with Crippen molar-refractivity contribution in [3.05, 3.63) is 26.3 Å². The smallest absolute Gasteiger partial charge is 0.401 e. The molecule has 0 radical (unpaired) electrons. The Labute approximate surface area is 97.6 Å². The Bertz CT molecular complexity index is 582. The van der Waals surface area contributed by atoms with Crippen LogP contribution in [0.3, 0.4) is 0 Å². The first-order chi connectivity index (χ1) is 8.13. The predicted octanol–water partition coefficient (Wildman–Crippen LogP) is 1.06. The van der Waals surface area contributed by atoms with Crippen LogP contribution < -0.4 is 10.6 Å². The molecule has 0 fully saturated rings. The molecular weight excluding hydrogens is 222 g/mol. The Hall–Kier alpha value is -1.91. The van der Waals surface area contributed by atoms with Crippen molar-refractivity contribution in [2.24, 2.45) is 0 Å². The second-order valence-corrected chi connectivity index (χ2v) is 4.04. The van der Waals surface area contributed by atoms with Gasteiger partial charge in [0.05, 0.1) is 5.56 Å². The van der Waals surface area contributed by atoms with Gasteiger partial charge >= 0.3 is 5.88 Å². The van der Waals surface area contributed by atoms with Crippen LogP contribution in [0.25, 0.3) is 12.2 Å². The fourth-order valence-corrected chi connectivity index (χ4v) is 1.95. The summed E-state index contributed by atoms with van der Waals surface area (Å²) in [5.41, 5.74) is 1.01. The molecule has 0 saturated heterocycles. The van der Waals surface area contributed by atoms with Crippen LogP contribution in [0.5, 0.6) is 0 Å². The van der Waals surface area contributed by atoms with Crippen molar-refractivity contribution in [1.82, 2.24) is 0 Å². The number of ketones is 1. The number of fused-ring (bicyclic) bond motifs is 1. The molecule has 0 bridgehead atoms. The predicted molar refractivity (Wildman–Crippen MR) is 61.8 cm³/mol. The summed E-state index contributed by atoms with van der Waals surface area (Å²) in [6.45, 7) is 2.01. The van der Waals surface area contributed by atoms with Crippen molar-refractivity contribution in [2.45, 2.75) is 32.6 Å². The quantitative estimate of drug-likeness (QED) is 0.578. The lowest BCUT2D eigenvalue weighted by atomic mass is 10.0. The molecule has 1 aromatic heterocycles. The zero-order chi connectivity index (χ0) is 12.4. The SMILES string of the molecule is CCCCc1c([N+](=O)[O-])oc2c1=CC(=O)CC=2. The fraction of sp³-hybridized carbons (Fsp3) is 0.417. The highest BCUT2D eigenvalue weighted by Crippen LogP contribution is 2.16. The van der Waals surface area contributed by atoms with E-state index in [1.54, 1.807) is 6.08 Å². The third-order valence-electron chi connectivity index (χ3n) is 2.80. The van der Waals surface area contributed by atoms with Crippen molar-refractivity contribution in [3.8, 4) is 0 Å². The van der Waals surface area contributed by atoms with Crippen molar-refractivity contribution in [3.63, 3.8) is 0 Å². The van der Waals surface area contributed by atoms with E-state index in [2.05, 4.69) is 0 Å². The number of nitrogens with zero attached hydrogens (tertiary/aromatic N) is 1. The molecule has 0 spiro atoms. The topological polar surface area (TPSA) is 73.3 Å². The Balaban J connectivity index is 2.61. The van der Waals surface area contributed by atoms with Gasteiger partial charge in [0.1, 0.15) is 10.3 Å². The van der Waals surface area contributed by atoms with Gasteiger partial charge in [-0.2, -0.15) is 0 Å². The van der Waals surface area contributed by atoms with Crippen molar-refractivity contribution < 1.29 is 14.1 Å². The Morgan fingerprint density at radius 3 is 2.94 bits per heavy atom. The zero-order valence-electron chi connectivity index (χ0n) is 9.56. The number of furan rings is 1. The third-order valence-corrected chi connectivity index (χ3v) is 2.80. The summed E-state index contributed by atoms with van der Waals surface area (Å²) < 4.78 is 5.21. The van der Waals surface area contributed by atoms with E-state index in [1.807, 2.05) is 6.92 Å². The number of unbranched alkanes of at least 4 members (excludes halogenated alkanes) is 1. The first kappa shape index (κ1) is 11.6. The van der Waals surface area contributed by atoms with Gasteiger partial charge in [-0.05, 0) is 25.0 Å². The van der Waals surface area contributed by atoms with Gasteiger partial charge in [-0.25, -0.2) is 0 Å². The van der Waals surface area contributed by atoms with Crippen molar-refractivity contribution in [1.29, 1.82) is 0 Å². The number of hydrogen-bond acceptors (Lipinski definition) is 4. The lowest BCUT2D eigenvalue weighted by Gasteiger charge is -1.96. The molecule has 90 valence electrons. The molecule has 0 aromatic carbocycles. The molecule has 2 rings (SSSR count). The maximum absolute atomic E-state index is 11.3. The van der Waals surface area contributed by atoms with Crippen LogP contribution in [0.1, 0.15) is 31.7 Å². The van der Waals surface area contributed by atoms with Gasteiger partial charge in [0.2, 0.25) is 0 Å². The van der Waals surface area contributed by atoms with Gasteiger partial charge in [-0.15, -0.1) is 0 Å². The summed E-state index contributed by atoms with van der Waals surface area (Å²) in [6, 6.07) is 0. The lowest BCUT2D eigenvalue weighted by Crippen LogP contribution is -2.28. The molecule has 5 heteroatoms. The van der Waals surface area contributed by atoms with Gasteiger partial charge in [0, 0.05) is 11.6 Å². The molecule has 0 atom stereocenters.